The molecule has 0 saturated heterocycles. The van der Waals surface area contributed by atoms with E-state index in [0.29, 0.717) is 18.2 Å². The van der Waals surface area contributed by atoms with Gasteiger partial charge in [0.05, 0.1) is 11.9 Å². The monoisotopic (exact) mass is 285 g/mol. The summed E-state index contributed by atoms with van der Waals surface area (Å²) in [6.45, 7) is 3.50. The average Bonchev–Trinajstić information content (AvgIpc) is 2.95. The summed E-state index contributed by atoms with van der Waals surface area (Å²) in [7, 11) is 0. The van der Waals surface area contributed by atoms with Gasteiger partial charge >= 0.3 is 6.03 Å². The van der Waals surface area contributed by atoms with Crippen molar-refractivity contribution in [2.75, 3.05) is 11.9 Å². The number of anilines is 1. The van der Waals surface area contributed by atoms with Crippen molar-refractivity contribution < 1.29 is 4.79 Å². The molecule has 0 fully saturated rings. The zero-order chi connectivity index (χ0) is 14.7. The summed E-state index contributed by atoms with van der Waals surface area (Å²) in [5, 5.41) is 5.72. The second kappa shape index (κ2) is 5.95. The maximum Gasteiger partial charge on any atom is 0.319 e. The molecule has 0 aromatic carbocycles. The Morgan fingerprint density at radius 2 is 2.33 bits per heavy atom. The van der Waals surface area contributed by atoms with Crippen molar-refractivity contribution in [2.24, 2.45) is 5.92 Å². The molecular weight excluding hydrogens is 266 g/mol. The molecule has 21 heavy (non-hydrogen) atoms. The molecule has 6 heteroatoms. The molecule has 3 heterocycles. The number of carbonyl (C=O) groups is 1. The lowest BCUT2D eigenvalue weighted by Gasteiger charge is -2.24. The van der Waals surface area contributed by atoms with Crippen LogP contribution in [0.25, 0.3) is 0 Å². The Kier molecular flexibility index (Phi) is 3.85. The van der Waals surface area contributed by atoms with Crippen LogP contribution >= 0.6 is 0 Å². The van der Waals surface area contributed by atoms with Gasteiger partial charge in [0.2, 0.25) is 0 Å². The number of aryl methyl sites for hydroxylation is 2. The first-order valence-electron chi connectivity index (χ1n) is 7.18. The van der Waals surface area contributed by atoms with Crippen LogP contribution < -0.4 is 10.6 Å². The maximum atomic E-state index is 11.9. The molecule has 110 valence electrons. The van der Waals surface area contributed by atoms with Crippen LogP contribution in [0.1, 0.15) is 17.9 Å². The molecule has 2 aromatic heterocycles. The van der Waals surface area contributed by atoms with Crippen molar-refractivity contribution >= 4 is 11.7 Å². The van der Waals surface area contributed by atoms with E-state index in [4.69, 9.17) is 0 Å². The smallest absolute Gasteiger partial charge is 0.319 e. The molecule has 2 amide bonds. The van der Waals surface area contributed by atoms with E-state index >= 15 is 0 Å². The predicted molar refractivity (Wildman–Crippen MR) is 80.0 cm³/mol. The number of nitrogens with one attached hydrogen (secondary N) is 2. The Hall–Kier alpha value is -2.37. The Morgan fingerprint density at radius 1 is 1.43 bits per heavy atom. The number of pyridine rings is 1. The van der Waals surface area contributed by atoms with Crippen molar-refractivity contribution in [3.05, 3.63) is 42.2 Å². The van der Waals surface area contributed by atoms with Gasteiger partial charge in [-0.1, -0.05) is 0 Å². The second-order valence-electron chi connectivity index (χ2n) is 5.42. The Labute approximate surface area is 123 Å². The number of aromatic nitrogens is 3. The van der Waals surface area contributed by atoms with E-state index < -0.39 is 0 Å². The standard InChI is InChI=1S/C15H19N5O/c1-11-2-4-13(9-17-11)19-15(21)18-8-12-3-5-14-16-6-7-20(14)10-12/h2,4,6-7,9,12H,3,5,8,10H2,1H3,(H2,18,19,21)/t12-/m1/s1. The molecule has 0 spiro atoms. The Bertz CT molecular complexity index is 619. The third-order valence-corrected chi connectivity index (χ3v) is 3.75. The Balaban J connectivity index is 1.47. The van der Waals surface area contributed by atoms with E-state index in [1.54, 1.807) is 6.20 Å². The fourth-order valence-electron chi connectivity index (χ4n) is 2.56. The van der Waals surface area contributed by atoms with Crippen molar-refractivity contribution in [3.8, 4) is 0 Å². The molecule has 1 atom stereocenters. The van der Waals surface area contributed by atoms with Crippen LogP contribution in [0.15, 0.2) is 30.7 Å². The van der Waals surface area contributed by atoms with Crippen LogP contribution in [0.4, 0.5) is 10.5 Å². The lowest BCUT2D eigenvalue weighted by molar-refractivity contribution is 0.247. The molecular formula is C15H19N5O. The molecule has 6 nitrogen and oxygen atoms in total. The SMILES string of the molecule is Cc1ccc(NC(=O)NC[C@H]2CCc3nccn3C2)cn1. The van der Waals surface area contributed by atoms with Gasteiger partial charge in [-0.25, -0.2) is 9.78 Å². The largest absolute Gasteiger partial charge is 0.338 e. The zero-order valence-electron chi connectivity index (χ0n) is 12.0. The molecule has 1 aliphatic heterocycles. The van der Waals surface area contributed by atoms with Gasteiger partial charge in [0.1, 0.15) is 5.82 Å². The van der Waals surface area contributed by atoms with Crippen molar-refractivity contribution in [1.82, 2.24) is 19.9 Å². The molecule has 0 radical (unpaired) electrons. The van der Waals surface area contributed by atoms with E-state index in [1.165, 1.54) is 0 Å². The summed E-state index contributed by atoms with van der Waals surface area (Å²) >= 11 is 0. The van der Waals surface area contributed by atoms with Crippen molar-refractivity contribution in [1.29, 1.82) is 0 Å². The number of rotatable bonds is 3. The molecule has 2 N–H and O–H groups in total. The van der Waals surface area contributed by atoms with Crippen molar-refractivity contribution in [2.45, 2.75) is 26.3 Å². The number of hydrogen-bond acceptors (Lipinski definition) is 3. The highest BCUT2D eigenvalue weighted by atomic mass is 16.2. The molecule has 0 saturated carbocycles. The highest BCUT2D eigenvalue weighted by Crippen LogP contribution is 2.17. The number of urea groups is 1. The molecule has 1 aliphatic rings. The first kappa shape index (κ1) is 13.6. The van der Waals surface area contributed by atoms with Crippen LogP contribution in [0.5, 0.6) is 0 Å². The van der Waals surface area contributed by atoms with Crippen LogP contribution in [-0.2, 0) is 13.0 Å². The topological polar surface area (TPSA) is 71.8 Å². The molecule has 3 rings (SSSR count). The summed E-state index contributed by atoms with van der Waals surface area (Å²) in [5.41, 5.74) is 1.64. The first-order valence-corrected chi connectivity index (χ1v) is 7.18. The van der Waals surface area contributed by atoms with E-state index in [0.717, 1.165) is 30.9 Å². The zero-order valence-corrected chi connectivity index (χ0v) is 12.0. The third-order valence-electron chi connectivity index (χ3n) is 3.75. The van der Waals surface area contributed by atoms with Gasteiger partial charge in [-0.3, -0.25) is 4.98 Å². The Morgan fingerprint density at radius 3 is 3.14 bits per heavy atom. The molecule has 0 unspecified atom stereocenters. The first-order chi connectivity index (χ1) is 10.2. The molecule has 2 aromatic rings. The van der Waals surface area contributed by atoms with Gasteiger partial charge in [-0.05, 0) is 31.4 Å². The minimum Gasteiger partial charge on any atom is -0.338 e. The fraction of sp³-hybridized carbons (Fsp3) is 0.400. The molecule has 0 bridgehead atoms. The van der Waals surface area contributed by atoms with Gasteiger partial charge in [-0.2, -0.15) is 0 Å². The number of imidazole rings is 1. The lowest BCUT2D eigenvalue weighted by Crippen LogP contribution is -2.36. The van der Waals surface area contributed by atoms with E-state index in [9.17, 15) is 4.79 Å². The van der Waals surface area contributed by atoms with Gasteiger partial charge in [0, 0.05) is 37.6 Å². The normalized spacial score (nSPS) is 17.1. The quantitative estimate of drug-likeness (QED) is 0.905. The fourth-order valence-corrected chi connectivity index (χ4v) is 2.56. The molecule has 0 aliphatic carbocycles. The van der Waals surface area contributed by atoms with Gasteiger partial charge in [-0.15, -0.1) is 0 Å². The average molecular weight is 285 g/mol. The summed E-state index contributed by atoms with van der Waals surface area (Å²) in [6, 6.07) is 3.54. The van der Waals surface area contributed by atoms with E-state index in [-0.39, 0.29) is 6.03 Å². The third kappa shape index (κ3) is 3.39. The minimum atomic E-state index is -0.183. The van der Waals surface area contributed by atoms with E-state index in [1.807, 2.05) is 31.5 Å². The maximum absolute atomic E-state index is 11.9. The number of carbonyl (C=O) groups excluding carboxylic acids is 1. The van der Waals surface area contributed by atoms with E-state index in [2.05, 4.69) is 25.2 Å². The summed E-state index contributed by atoms with van der Waals surface area (Å²) in [6.07, 6.45) is 7.53. The predicted octanol–water partition coefficient (Wildman–Crippen LogP) is 1.97. The van der Waals surface area contributed by atoms with Gasteiger partial charge < -0.3 is 15.2 Å². The van der Waals surface area contributed by atoms with Crippen LogP contribution in [0.3, 0.4) is 0 Å². The van der Waals surface area contributed by atoms with Gasteiger partial charge in [0.25, 0.3) is 0 Å². The minimum absolute atomic E-state index is 0.183. The summed E-state index contributed by atoms with van der Waals surface area (Å²) < 4.78 is 2.16. The van der Waals surface area contributed by atoms with Crippen molar-refractivity contribution in [3.63, 3.8) is 0 Å². The van der Waals surface area contributed by atoms with Crippen LogP contribution in [-0.4, -0.2) is 27.1 Å². The number of amides is 2. The van der Waals surface area contributed by atoms with Gasteiger partial charge in [0.15, 0.2) is 0 Å². The highest BCUT2D eigenvalue weighted by Gasteiger charge is 2.19. The van der Waals surface area contributed by atoms with Crippen LogP contribution in [0.2, 0.25) is 0 Å². The lowest BCUT2D eigenvalue weighted by atomic mass is 9.99. The van der Waals surface area contributed by atoms with Crippen LogP contribution in [0, 0.1) is 12.8 Å². The summed E-state index contributed by atoms with van der Waals surface area (Å²) in [4.78, 5) is 20.3. The summed E-state index contributed by atoms with van der Waals surface area (Å²) in [5.74, 6) is 1.59. The number of fused-ring (bicyclic) bond motifs is 1. The number of hydrogen-bond donors (Lipinski definition) is 2. The highest BCUT2D eigenvalue weighted by molar-refractivity contribution is 5.88. The second-order valence-corrected chi connectivity index (χ2v) is 5.42. The number of nitrogens with zero attached hydrogens (tertiary/aromatic N) is 3.